The number of rotatable bonds is 0. The Labute approximate surface area is 88.4 Å². The number of benzene rings is 1. The van der Waals surface area contributed by atoms with E-state index in [0.29, 0.717) is 0 Å². The Morgan fingerprint density at radius 3 is 2.57 bits per heavy atom. The van der Waals surface area contributed by atoms with Crippen molar-refractivity contribution in [2.75, 3.05) is 0 Å². The first kappa shape index (κ1) is 9.49. The van der Waals surface area contributed by atoms with Crippen molar-refractivity contribution in [1.29, 1.82) is 0 Å². The highest BCUT2D eigenvalue weighted by molar-refractivity contribution is 7.73. The van der Waals surface area contributed by atoms with Crippen molar-refractivity contribution in [2.24, 2.45) is 0 Å². The van der Waals surface area contributed by atoms with Gasteiger partial charge in [0.15, 0.2) is 0 Å². The predicted octanol–water partition coefficient (Wildman–Crippen LogP) is 2.04. The Morgan fingerprint density at radius 2 is 1.86 bits per heavy atom. The van der Waals surface area contributed by atoms with E-state index in [2.05, 4.69) is 0 Å². The zero-order valence-electron chi connectivity index (χ0n) is 7.14. The van der Waals surface area contributed by atoms with Gasteiger partial charge in [-0.15, -0.1) is 11.6 Å². The molecule has 0 amide bonds. The van der Waals surface area contributed by atoms with E-state index in [-0.39, 0.29) is 4.86 Å². The van der Waals surface area contributed by atoms with Crippen LogP contribution in [0, 0.1) is 0 Å². The quantitative estimate of drug-likeness (QED) is 0.501. The molecule has 0 radical (unpaired) electrons. The highest BCUT2D eigenvalue weighted by atomic mass is 35.5. The van der Waals surface area contributed by atoms with Gasteiger partial charge in [-0.2, -0.15) is 8.42 Å². The van der Waals surface area contributed by atoms with Crippen LogP contribution in [0.15, 0.2) is 30.3 Å². The lowest BCUT2D eigenvalue weighted by atomic mass is 9.97. The maximum Gasteiger partial charge on any atom is 0.219 e. The second-order valence-corrected chi connectivity index (χ2v) is 4.34. The van der Waals surface area contributed by atoms with Crippen molar-refractivity contribution in [3.63, 3.8) is 0 Å². The van der Waals surface area contributed by atoms with E-state index in [1.165, 1.54) is 0 Å². The second-order valence-electron chi connectivity index (χ2n) is 2.96. The van der Waals surface area contributed by atoms with Crippen LogP contribution in [-0.4, -0.2) is 13.3 Å². The van der Waals surface area contributed by atoms with Crippen LogP contribution in [0.1, 0.15) is 16.5 Å². The summed E-state index contributed by atoms with van der Waals surface area (Å²) in [7, 11) is -2.24. The molecule has 1 aromatic carbocycles. The average Bonchev–Trinajstić information content (AvgIpc) is 2.18. The van der Waals surface area contributed by atoms with E-state index >= 15 is 0 Å². The largest absolute Gasteiger partial charge is 0.219 e. The highest BCUT2D eigenvalue weighted by Crippen LogP contribution is 2.30. The second kappa shape index (κ2) is 3.59. The van der Waals surface area contributed by atoms with E-state index in [0.717, 1.165) is 11.1 Å². The number of allylic oxidation sites excluding steroid dienone is 1. The molecule has 0 saturated heterocycles. The van der Waals surface area contributed by atoms with Gasteiger partial charge in [0.25, 0.3) is 0 Å². The summed E-state index contributed by atoms with van der Waals surface area (Å²) in [5.41, 5.74) is 1.82. The van der Waals surface area contributed by atoms with Gasteiger partial charge in [-0.05, 0) is 17.2 Å². The molecule has 1 aromatic rings. The highest BCUT2D eigenvalue weighted by Gasteiger charge is 2.20. The summed E-state index contributed by atoms with van der Waals surface area (Å²) >= 11 is 6.03. The molecular weight excluding hydrogens is 220 g/mol. The SMILES string of the molecule is O=S(=O)=C1C=Cc2ccccc2C1Cl. The monoisotopic (exact) mass is 226 g/mol. The molecule has 0 fully saturated rings. The van der Waals surface area contributed by atoms with Crippen molar-refractivity contribution in [3.05, 3.63) is 41.5 Å². The summed E-state index contributed by atoms with van der Waals surface area (Å²) < 4.78 is 21.6. The zero-order valence-corrected chi connectivity index (χ0v) is 8.72. The third-order valence-corrected chi connectivity index (χ3v) is 3.49. The molecule has 1 aliphatic carbocycles. The third-order valence-electron chi connectivity index (χ3n) is 2.14. The maximum absolute atomic E-state index is 10.8. The van der Waals surface area contributed by atoms with Gasteiger partial charge in [0, 0.05) is 0 Å². The van der Waals surface area contributed by atoms with Crippen molar-refractivity contribution >= 4 is 32.8 Å². The predicted molar refractivity (Wildman–Crippen MR) is 58.0 cm³/mol. The maximum atomic E-state index is 10.8. The minimum Gasteiger partial charge on any atom is -0.184 e. The summed E-state index contributed by atoms with van der Waals surface area (Å²) in [6.45, 7) is 0. The Morgan fingerprint density at radius 1 is 1.14 bits per heavy atom. The fourth-order valence-corrected chi connectivity index (χ4v) is 2.41. The van der Waals surface area contributed by atoms with Crippen LogP contribution in [0.5, 0.6) is 0 Å². The average molecular weight is 227 g/mol. The van der Waals surface area contributed by atoms with Gasteiger partial charge < -0.3 is 0 Å². The summed E-state index contributed by atoms with van der Waals surface area (Å²) in [6, 6.07) is 7.49. The first-order chi connectivity index (χ1) is 6.70. The Bertz CT molecular complexity index is 521. The van der Waals surface area contributed by atoms with Crippen LogP contribution in [0.2, 0.25) is 0 Å². The number of fused-ring (bicyclic) bond motifs is 1. The standard InChI is InChI=1S/C10H7ClO2S/c11-10-8-4-2-1-3-7(8)5-6-9(10)14(12)13/h1-6,10H. The van der Waals surface area contributed by atoms with Crippen molar-refractivity contribution < 1.29 is 8.42 Å². The van der Waals surface area contributed by atoms with E-state index < -0.39 is 15.7 Å². The minimum atomic E-state index is -2.24. The van der Waals surface area contributed by atoms with E-state index in [1.807, 2.05) is 24.3 Å². The molecule has 0 saturated carbocycles. The summed E-state index contributed by atoms with van der Waals surface area (Å²) in [5, 5.41) is -0.561. The fraction of sp³-hybridized carbons (Fsp3) is 0.100. The fourth-order valence-electron chi connectivity index (χ4n) is 1.44. The molecule has 0 heterocycles. The molecular formula is C10H7ClO2S. The molecule has 0 N–H and O–H groups in total. The third kappa shape index (κ3) is 1.49. The molecule has 1 unspecified atom stereocenters. The van der Waals surface area contributed by atoms with Crippen molar-refractivity contribution in [1.82, 2.24) is 0 Å². The first-order valence-corrected chi connectivity index (χ1v) is 5.58. The van der Waals surface area contributed by atoms with Crippen LogP contribution in [-0.2, 0) is 10.3 Å². The minimum absolute atomic E-state index is 0.227. The lowest BCUT2D eigenvalue weighted by Crippen LogP contribution is -2.10. The lowest BCUT2D eigenvalue weighted by molar-refractivity contribution is 0.627. The van der Waals surface area contributed by atoms with E-state index in [4.69, 9.17) is 11.6 Å². The lowest BCUT2D eigenvalue weighted by Gasteiger charge is -2.15. The zero-order chi connectivity index (χ0) is 10.1. The Kier molecular flexibility index (Phi) is 2.44. The molecule has 1 atom stereocenters. The van der Waals surface area contributed by atoms with Crippen molar-refractivity contribution in [2.45, 2.75) is 5.38 Å². The molecule has 72 valence electrons. The molecule has 0 spiro atoms. The van der Waals surface area contributed by atoms with Gasteiger partial charge in [0.05, 0.1) is 10.2 Å². The molecule has 1 aliphatic rings. The Balaban J connectivity index is 2.67. The van der Waals surface area contributed by atoms with Gasteiger partial charge in [-0.1, -0.05) is 30.3 Å². The normalized spacial score (nSPS) is 19.2. The van der Waals surface area contributed by atoms with Crippen LogP contribution in [0.25, 0.3) is 6.08 Å². The molecule has 0 bridgehead atoms. The number of hydrogen-bond donors (Lipinski definition) is 0. The van der Waals surface area contributed by atoms with E-state index in [1.54, 1.807) is 12.2 Å². The van der Waals surface area contributed by atoms with Gasteiger partial charge in [0.2, 0.25) is 10.3 Å². The number of hydrogen-bond acceptors (Lipinski definition) is 2. The molecule has 2 rings (SSSR count). The summed E-state index contributed by atoms with van der Waals surface area (Å²) in [6.07, 6.45) is 3.31. The molecule has 0 aliphatic heterocycles. The molecule has 14 heavy (non-hydrogen) atoms. The molecule has 2 nitrogen and oxygen atoms in total. The van der Waals surface area contributed by atoms with Crippen LogP contribution in [0.3, 0.4) is 0 Å². The molecule has 0 aromatic heterocycles. The van der Waals surface area contributed by atoms with Gasteiger partial charge in [-0.3, -0.25) is 0 Å². The Hall–Kier alpha value is -1.06. The molecule has 4 heteroatoms. The van der Waals surface area contributed by atoms with Crippen LogP contribution in [0.4, 0.5) is 0 Å². The number of alkyl halides is 1. The van der Waals surface area contributed by atoms with Gasteiger partial charge in [0.1, 0.15) is 0 Å². The first-order valence-electron chi connectivity index (χ1n) is 4.07. The van der Waals surface area contributed by atoms with E-state index in [9.17, 15) is 8.42 Å². The number of halogens is 1. The van der Waals surface area contributed by atoms with Gasteiger partial charge in [-0.25, -0.2) is 0 Å². The summed E-state index contributed by atoms with van der Waals surface area (Å²) in [5.74, 6) is 0. The topological polar surface area (TPSA) is 34.1 Å². The van der Waals surface area contributed by atoms with Crippen molar-refractivity contribution in [3.8, 4) is 0 Å². The van der Waals surface area contributed by atoms with Crippen LogP contribution >= 0.6 is 11.6 Å². The van der Waals surface area contributed by atoms with Gasteiger partial charge >= 0.3 is 0 Å². The smallest absolute Gasteiger partial charge is 0.184 e. The van der Waals surface area contributed by atoms with Crippen LogP contribution < -0.4 is 0 Å². The summed E-state index contributed by atoms with van der Waals surface area (Å²) in [4.78, 5) is 0.227.